The standard InChI is InChI=1S/C12H14FN3/c1-12(2,14)11-7-15-8-16(11)10-5-3-9(13)4-6-10/h3-8H,14H2,1-2H3. The van der Waals surface area contributed by atoms with E-state index in [9.17, 15) is 4.39 Å². The van der Waals surface area contributed by atoms with E-state index in [4.69, 9.17) is 5.73 Å². The maximum atomic E-state index is 12.8. The van der Waals surface area contributed by atoms with Crippen LogP contribution in [0.15, 0.2) is 36.8 Å². The maximum Gasteiger partial charge on any atom is 0.123 e. The van der Waals surface area contributed by atoms with Crippen molar-refractivity contribution in [1.82, 2.24) is 9.55 Å². The lowest BCUT2D eigenvalue weighted by Crippen LogP contribution is -2.31. The van der Waals surface area contributed by atoms with Gasteiger partial charge in [-0.1, -0.05) is 0 Å². The van der Waals surface area contributed by atoms with E-state index in [1.807, 2.05) is 18.4 Å². The summed E-state index contributed by atoms with van der Waals surface area (Å²) in [6.45, 7) is 3.81. The summed E-state index contributed by atoms with van der Waals surface area (Å²) in [7, 11) is 0. The van der Waals surface area contributed by atoms with Gasteiger partial charge in [-0.25, -0.2) is 9.37 Å². The molecule has 1 aromatic heterocycles. The molecule has 3 nitrogen and oxygen atoms in total. The number of aromatic nitrogens is 2. The Balaban J connectivity index is 2.49. The molecule has 0 fully saturated rings. The molecule has 84 valence electrons. The smallest absolute Gasteiger partial charge is 0.123 e. The Bertz CT molecular complexity index is 480. The van der Waals surface area contributed by atoms with Crippen molar-refractivity contribution in [3.05, 3.63) is 48.3 Å². The number of benzene rings is 1. The Morgan fingerprint density at radius 2 is 1.88 bits per heavy atom. The molecule has 1 heterocycles. The Hall–Kier alpha value is -1.68. The molecule has 2 rings (SSSR count). The zero-order valence-electron chi connectivity index (χ0n) is 9.31. The van der Waals surface area contributed by atoms with E-state index in [1.54, 1.807) is 24.7 Å². The predicted molar refractivity (Wildman–Crippen MR) is 60.7 cm³/mol. The first-order valence-corrected chi connectivity index (χ1v) is 5.06. The molecule has 0 atom stereocenters. The Kier molecular flexibility index (Phi) is 2.52. The van der Waals surface area contributed by atoms with E-state index in [-0.39, 0.29) is 5.82 Å². The predicted octanol–water partition coefficient (Wildman–Crippen LogP) is 2.21. The van der Waals surface area contributed by atoms with Crippen LogP contribution in [0.3, 0.4) is 0 Å². The molecule has 0 amide bonds. The van der Waals surface area contributed by atoms with Crippen LogP contribution in [0.25, 0.3) is 5.69 Å². The van der Waals surface area contributed by atoms with Gasteiger partial charge in [0.05, 0.1) is 23.8 Å². The van der Waals surface area contributed by atoms with E-state index in [0.717, 1.165) is 11.4 Å². The van der Waals surface area contributed by atoms with Crippen molar-refractivity contribution in [3.63, 3.8) is 0 Å². The summed E-state index contributed by atoms with van der Waals surface area (Å²) in [5.41, 5.74) is 7.30. The normalized spacial score (nSPS) is 11.8. The average Bonchev–Trinajstić information content (AvgIpc) is 2.66. The van der Waals surface area contributed by atoms with Gasteiger partial charge in [0.15, 0.2) is 0 Å². The zero-order valence-corrected chi connectivity index (χ0v) is 9.31. The highest BCUT2D eigenvalue weighted by atomic mass is 19.1. The van der Waals surface area contributed by atoms with Crippen molar-refractivity contribution in [1.29, 1.82) is 0 Å². The summed E-state index contributed by atoms with van der Waals surface area (Å²) in [4.78, 5) is 4.08. The molecule has 0 aliphatic heterocycles. The first kappa shape index (κ1) is 10.8. The molecule has 2 aromatic rings. The third kappa shape index (κ3) is 1.97. The minimum absolute atomic E-state index is 0.252. The molecule has 0 saturated heterocycles. The second-order valence-corrected chi connectivity index (χ2v) is 4.35. The summed E-state index contributed by atoms with van der Waals surface area (Å²) in [6.07, 6.45) is 3.40. The van der Waals surface area contributed by atoms with Gasteiger partial charge in [-0.3, -0.25) is 0 Å². The number of rotatable bonds is 2. The van der Waals surface area contributed by atoms with E-state index >= 15 is 0 Å². The number of halogens is 1. The second kappa shape index (κ2) is 3.72. The molecule has 0 spiro atoms. The van der Waals surface area contributed by atoms with Crippen LogP contribution in [0.5, 0.6) is 0 Å². The number of nitrogens with zero attached hydrogens (tertiary/aromatic N) is 2. The minimum Gasteiger partial charge on any atom is -0.321 e. The molecular weight excluding hydrogens is 205 g/mol. The molecule has 2 N–H and O–H groups in total. The van der Waals surface area contributed by atoms with Crippen molar-refractivity contribution < 1.29 is 4.39 Å². The SMILES string of the molecule is CC(C)(N)c1cncn1-c1ccc(F)cc1. The van der Waals surface area contributed by atoms with E-state index < -0.39 is 5.54 Å². The van der Waals surface area contributed by atoms with Gasteiger partial charge >= 0.3 is 0 Å². The van der Waals surface area contributed by atoms with Crippen LogP contribution in [0.4, 0.5) is 4.39 Å². The van der Waals surface area contributed by atoms with E-state index in [0.29, 0.717) is 0 Å². The fourth-order valence-corrected chi connectivity index (χ4v) is 1.58. The van der Waals surface area contributed by atoms with Gasteiger partial charge in [0.25, 0.3) is 0 Å². The molecule has 4 heteroatoms. The highest BCUT2D eigenvalue weighted by Gasteiger charge is 2.19. The lowest BCUT2D eigenvalue weighted by Gasteiger charge is -2.20. The average molecular weight is 219 g/mol. The quantitative estimate of drug-likeness (QED) is 0.841. The third-order valence-electron chi connectivity index (χ3n) is 2.40. The van der Waals surface area contributed by atoms with Crippen LogP contribution in [0, 0.1) is 5.82 Å². The zero-order chi connectivity index (χ0) is 11.8. The van der Waals surface area contributed by atoms with Gasteiger partial charge in [0.1, 0.15) is 5.82 Å². The Morgan fingerprint density at radius 3 is 2.44 bits per heavy atom. The summed E-state index contributed by atoms with van der Waals surface area (Å²) < 4.78 is 14.7. The van der Waals surface area contributed by atoms with E-state index in [2.05, 4.69) is 4.98 Å². The minimum atomic E-state index is -0.481. The monoisotopic (exact) mass is 219 g/mol. The van der Waals surface area contributed by atoms with Crippen LogP contribution >= 0.6 is 0 Å². The maximum absolute atomic E-state index is 12.8. The molecule has 0 radical (unpaired) electrons. The van der Waals surface area contributed by atoms with E-state index in [1.165, 1.54) is 12.1 Å². The lowest BCUT2D eigenvalue weighted by atomic mass is 10.0. The summed E-state index contributed by atoms with van der Waals surface area (Å²) >= 11 is 0. The fourth-order valence-electron chi connectivity index (χ4n) is 1.58. The van der Waals surface area contributed by atoms with Crippen molar-refractivity contribution in [2.24, 2.45) is 5.73 Å². The molecule has 16 heavy (non-hydrogen) atoms. The Morgan fingerprint density at radius 1 is 1.25 bits per heavy atom. The topological polar surface area (TPSA) is 43.8 Å². The highest BCUT2D eigenvalue weighted by molar-refractivity contribution is 5.35. The fraction of sp³-hybridized carbons (Fsp3) is 0.250. The second-order valence-electron chi connectivity index (χ2n) is 4.35. The van der Waals surface area contributed by atoms with Crippen molar-refractivity contribution in [2.75, 3.05) is 0 Å². The number of hydrogen-bond acceptors (Lipinski definition) is 2. The molecule has 0 unspecified atom stereocenters. The van der Waals surface area contributed by atoms with Gasteiger partial charge in [-0.15, -0.1) is 0 Å². The molecular formula is C12H14FN3. The Labute approximate surface area is 93.7 Å². The van der Waals surface area contributed by atoms with Crippen LogP contribution in [0.2, 0.25) is 0 Å². The number of imidazole rings is 1. The van der Waals surface area contributed by atoms with Gasteiger partial charge in [-0.05, 0) is 38.1 Å². The van der Waals surface area contributed by atoms with Gasteiger partial charge in [-0.2, -0.15) is 0 Å². The van der Waals surface area contributed by atoms with Crippen LogP contribution in [-0.2, 0) is 5.54 Å². The summed E-state index contributed by atoms with van der Waals surface area (Å²) in [6, 6.07) is 6.24. The molecule has 1 aromatic carbocycles. The van der Waals surface area contributed by atoms with Crippen molar-refractivity contribution >= 4 is 0 Å². The van der Waals surface area contributed by atoms with Crippen LogP contribution < -0.4 is 5.73 Å². The molecule has 0 saturated carbocycles. The van der Waals surface area contributed by atoms with Gasteiger partial charge in [0, 0.05) is 5.69 Å². The van der Waals surface area contributed by atoms with Crippen molar-refractivity contribution in [3.8, 4) is 5.69 Å². The number of nitrogens with two attached hydrogens (primary N) is 1. The first-order valence-electron chi connectivity index (χ1n) is 5.06. The lowest BCUT2D eigenvalue weighted by molar-refractivity contribution is 0.524. The number of hydrogen-bond donors (Lipinski definition) is 1. The van der Waals surface area contributed by atoms with Gasteiger partial charge in [0.2, 0.25) is 0 Å². The molecule has 0 aliphatic carbocycles. The summed E-state index contributed by atoms with van der Waals surface area (Å²) in [5.74, 6) is -0.252. The first-order chi connectivity index (χ1) is 7.48. The highest BCUT2D eigenvalue weighted by Crippen LogP contribution is 2.20. The third-order valence-corrected chi connectivity index (χ3v) is 2.40. The van der Waals surface area contributed by atoms with Crippen LogP contribution in [0.1, 0.15) is 19.5 Å². The largest absolute Gasteiger partial charge is 0.321 e. The van der Waals surface area contributed by atoms with Crippen LogP contribution in [-0.4, -0.2) is 9.55 Å². The molecule has 0 aliphatic rings. The van der Waals surface area contributed by atoms with Gasteiger partial charge < -0.3 is 10.3 Å². The summed E-state index contributed by atoms with van der Waals surface area (Å²) in [5, 5.41) is 0. The molecule has 0 bridgehead atoms. The van der Waals surface area contributed by atoms with Crippen molar-refractivity contribution in [2.45, 2.75) is 19.4 Å².